The summed E-state index contributed by atoms with van der Waals surface area (Å²) in [6.07, 6.45) is 5.43. The fourth-order valence-corrected chi connectivity index (χ4v) is 3.85. The molecule has 3 aromatic heterocycles. The molecular weight excluding hydrogens is 475 g/mol. The topological polar surface area (TPSA) is 98.3 Å². The molecule has 0 bridgehead atoms. The Kier molecular flexibility index (Phi) is 5.00. The number of methoxy groups -OCH3 is 1. The molecule has 0 saturated heterocycles. The van der Waals surface area contributed by atoms with E-state index in [1.54, 1.807) is 31.0 Å². The Hall–Kier alpha value is -2.21. The van der Waals surface area contributed by atoms with Crippen LogP contribution in [0.15, 0.2) is 23.0 Å². The standard InChI is InChI=1S/C18H21IN6O3/c1-11-13(16(26)22-12-4-7-24(23-12)8-9-27-3)14-15(20-10-21-17(14)28-11)25(19)18(2)5-6-18/h4,7,10H,5-6,8-9H2,1-3H3,(H,22,23,26). The van der Waals surface area contributed by atoms with Crippen LogP contribution in [0.25, 0.3) is 11.1 Å². The lowest BCUT2D eigenvalue weighted by Crippen LogP contribution is -2.26. The Bertz CT molecular complexity index is 1030. The molecule has 1 saturated carbocycles. The zero-order valence-electron chi connectivity index (χ0n) is 15.9. The van der Waals surface area contributed by atoms with Crippen LogP contribution in [0.4, 0.5) is 11.6 Å². The van der Waals surface area contributed by atoms with Gasteiger partial charge in [0, 0.05) is 24.9 Å². The number of nitrogens with zero attached hydrogens (tertiary/aromatic N) is 5. The van der Waals surface area contributed by atoms with Crippen molar-refractivity contribution >= 4 is 51.5 Å². The number of halogens is 1. The molecule has 9 nitrogen and oxygen atoms in total. The largest absolute Gasteiger partial charge is 0.442 e. The molecule has 1 N–H and O–H groups in total. The van der Waals surface area contributed by atoms with Gasteiger partial charge in [0.05, 0.1) is 47.0 Å². The van der Waals surface area contributed by atoms with Gasteiger partial charge < -0.3 is 14.5 Å². The predicted octanol–water partition coefficient (Wildman–Crippen LogP) is 3.34. The molecule has 3 aromatic rings. The quantitative estimate of drug-likeness (QED) is 0.396. The monoisotopic (exact) mass is 496 g/mol. The lowest BCUT2D eigenvalue weighted by Gasteiger charge is -2.23. The molecule has 0 aromatic carbocycles. The van der Waals surface area contributed by atoms with Gasteiger partial charge in [-0.05, 0) is 26.7 Å². The van der Waals surface area contributed by atoms with Crippen LogP contribution >= 0.6 is 22.9 Å². The second-order valence-electron chi connectivity index (χ2n) is 7.10. The van der Waals surface area contributed by atoms with Crippen molar-refractivity contribution in [3.63, 3.8) is 0 Å². The molecule has 4 rings (SSSR count). The average molecular weight is 496 g/mol. The van der Waals surface area contributed by atoms with Crippen molar-refractivity contribution in [3.05, 3.63) is 29.9 Å². The first-order valence-electron chi connectivity index (χ1n) is 8.97. The van der Waals surface area contributed by atoms with Gasteiger partial charge in [0.2, 0.25) is 5.71 Å². The van der Waals surface area contributed by atoms with Crippen molar-refractivity contribution in [2.24, 2.45) is 0 Å². The van der Waals surface area contributed by atoms with Crippen LogP contribution in [0.2, 0.25) is 0 Å². The van der Waals surface area contributed by atoms with E-state index in [4.69, 9.17) is 9.15 Å². The van der Waals surface area contributed by atoms with Crippen molar-refractivity contribution < 1.29 is 13.9 Å². The van der Waals surface area contributed by atoms with Crippen LogP contribution in [0.1, 0.15) is 35.9 Å². The van der Waals surface area contributed by atoms with Crippen LogP contribution in [-0.4, -0.2) is 44.9 Å². The number of carbonyl (C=O) groups excluding carboxylic acids is 1. The number of fused-ring (bicyclic) bond motifs is 1. The van der Waals surface area contributed by atoms with Gasteiger partial charge in [-0.15, -0.1) is 0 Å². The number of aromatic nitrogens is 4. The summed E-state index contributed by atoms with van der Waals surface area (Å²) in [5.74, 6) is 1.36. The summed E-state index contributed by atoms with van der Waals surface area (Å²) in [6.45, 7) is 5.09. The van der Waals surface area contributed by atoms with Gasteiger partial charge in [0.1, 0.15) is 12.1 Å². The molecule has 1 aliphatic carbocycles. The van der Waals surface area contributed by atoms with E-state index in [0.717, 1.165) is 12.8 Å². The third-order valence-corrected chi connectivity index (χ3v) is 6.53. The highest BCUT2D eigenvalue weighted by atomic mass is 127. The number of aryl methyl sites for hydroxylation is 1. The summed E-state index contributed by atoms with van der Waals surface area (Å²) < 4.78 is 14.6. The lowest BCUT2D eigenvalue weighted by molar-refractivity contribution is 0.102. The zero-order valence-corrected chi connectivity index (χ0v) is 18.1. The van der Waals surface area contributed by atoms with Gasteiger partial charge in [0.25, 0.3) is 5.91 Å². The molecule has 0 aliphatic heterocycles. The summed E-state index contributed by atoms with van der Waals surface area (Å²) in [6, 6.07) is 1.75. The minimum atomic E-state index is -0.296. The van der Waals surface area contributed by atoms with E-state index in [1.165, 1.54) is 6.33 Å². The summed E-state index contributed by atoms with van der Waals surface area (Å²) in [5.41, 5.74) is 0.882. The van der Waals surface area contributed by atoms with Gasteiger partial charge in [0.15, 0.2) is 11.6 Å². The molecule has 0 spiro atoms. The fourth-order valence-electron chi connectivity index (χ4n) is 3.00. The minimum Gasteiger partial charge on any atom is -0.442 e. The second-order valence-corrected chi connectivity index (χ2v) is 8.06. The molecule has 0 unspecified atom stereocenters. The number of hydrogen-bond donors (Lipinski definition) is 1. The number of nitrogens with one attached hydrogen (secondary N) is 1. The molecule has 0 radical (unpaired) electrons. The van der Waals surface area contributed by atoms with Gasteiger partial charge in [-0.3, -0.25) is 12.6 Å². The number of furan rings is 1. The maximum Gasteiger partial charge on any atom is 0.261 e. The van der Waals surface area contributed by atoms with E-state index in [1.807, 2.05) is 0 Å². The molecule has 28 heavy (non-hydrogen) atoms. The van der Waals surface area contributed by atoms with Crippen LogP contribution in [0, 0.1) is 6.92 Å². The Labute approximate surface area is 175 Å². The second kappa shape index (κ2) is 7.32. The van der Waals surface area contributed by atoms with E-state index in [0.29, 0.717) is 47.2 Å². The number of amides is 1. The van der Waals surface area contributed by atoms with Crippen molar-refractivity contribution in [3.8, 4) is 0 Å². The Morgan fingerprint density at radius 2 is 2.25 bits per heavy atom. The summed E-state index contributed by atoms with van der Waals surface area (Å²) >= 11 is 2.26. The Morgan fingerprint density at radius 1 is 1.46 bits per heavy atom. The Morgan fingerprint density at radius 3 is 2.96 bits per heavy atom. The highest BCUT2D eigenvalue weighted by Gasteiger charge is 2.44. The summed E-state index contributed by atoms with van der Waals surface area (Å²) in [5, 5.41) is 7.82. The number of rotatable bonds is 7. The normalized spacial score (nSPS) is 15.0. The zero-order chi connectivity index (χ0) is 19.9. The maximum absolute atomic E-state index is 13.1. The lowest BCUT2D eigenvalue weighted by atomic mass is 10.1. The van der Waals surface area contributed by atoms with Gasteiger partial charge >= 0.3 is 0 Å². The third kappa shape index (κ3) is 3.46. The van der Waals surface area contributed by atoms with Gasteiger partial charge in [-0.25, -0.2) is 9.97 Å². The van der Waals surface area contributed by atoms with Crippen molar-refractivity contribution in [1.29, 1.82) is 0 Å². The molecule has 10 heteroatoms. The average Bonchev–Trinajstić information content (AvgIpc) is 3.11. The number of anilines is 2. The molecule has 3 heterocycles. The molecule has 1 amide bonds. The maximum atomic E-state index is 13.1. The van der Waals surface area contributed by atoms with E-state index < -0.39 is 0 Å². The summed E-state index contributed by atoms with van der Waals surface area (Å²) in [7, 11) is 1.64. The molecule has 1 fully saturated rings. The van der Waals surface area contributed by atoms with Crippen molar-refractivity contribution in [2.75, 3.05) is 22.1 Å². The minimum absolute atomic E-state index is 0.0425. The molecule has 148 valence electrons. The number of ether oxygens (including phenoxy) is 1. The molecular formula is C18H21IN6O3. The Balaban J connectivity index is 1.67. The first-order valence-corrected chi connectivity index (χ1v) is 9.93. The van der Waals surface area contributed by atoms with Gasteiger partial charge in [-0.1, -0.05) is 0 Å². The molecule has 0 atom stereocenters. The van der Waals surface area contributed by atoms with E-state index in [9.17, 15) is 4.79 Å². The fraction of sp³-hybridized carbons (Fsp3) is 0.444. The number of hydrogen-bond acceptors (Lipinski definition) is 7. The first kappa shape index (κ1) is 19.1. The summed E-state index contributed by atoms with van der Waals surface area (Å²) in [4.78, 5) is 21.7. The van der Waals surface area contributed by atoms with E-state index >= 15 is 0 Å². The van der Waals surface area contributed by atoms with Crippen LogP contribution < -0.4 is 8.43 Å². The number of carbonyl (C=O) groups is 1. The van der Waals surface area contributed by atoms with Crippen molar-refractivity contribution in [2.45, 2.75) is 38.8 Å². The van der Waals surface area contributed by atoms with Crippen LogP contribution in [0.5, 0.6) is 0 Å². The predicted molar refractivity (Wildman–Crippen MR) is 113 cm³/mol. The molecule has 1 aliphatic rings. The van der Waals surface area contributed by atoms with Crippen molar-refractivity contribution in [1.82, 2.24) is 19.7 Å². The van der Waals surface area contributed by atoms with E-state index in [-0.39, 0.29) is 11.4 Å². The smallest absolute Gasteiger partial charge is 0.261 e. The SMILES string of the molecule is COCCn1ccc(NC(=O)c2c(C)oc3ncnc(N(I)C4(C)CC4)c23)n1. The highest BCUT2D eigenvalue weighted by Crippen LogP contribution is 2.47. The van der Waals surface area contributed by atoms with E-state index in [2.05, 4.69) is 53.3 Å². The first-order chi connectivity index (χ1) is 13.4. The van der Waals surface area contributed by atoms with Crippen LogP contribution in [0.3, 0.4) is 0 Å². The highest BCUT2D eigenvalue weighted by molar-refractivity contribution is 14.1. The third-order valence-electron chi connectivity index (χ3n) is 4.91. The van der Waals surface area contributed by atoms with Gasteiger partial charge in [-0.2, -0.15) is 5.10 Å². The van der Waals surface area contributed by atoms with Crippen LogP contribution in [-0.2, 0) is 11.3 Å².